The first-order valence-corrected chi connectivity index (χ1v) is 13.3. The maximum atomic E-state index is 12.5. The highest BCUT2D eigenvalue weighted by molar-refractivity contribution is 5.78. The number of ether oxygens (including phenoxy) is 3. The summed E-state index contributed by atoms with van der Waals surface area (Å²) in [4.78, 5) is 32.9. The largest absolute Gasteiger partial charge is 0.495 e. The number of amides is 2. The Morgan fingerprint density at radius 3 is 2.59 bits per heavy atom. The van der Waals surface area contributed by atoms with E-state index >= 15 is 0 Å². The van der Waals surface area contributed by atoms with Crippen LogP contribution in [0.4, 0.5) is 10.5 Å². The molecule has 0 spiro atoms. The van der Waals surface area contributed by atoms with Gasteiger partial charge in [-0.2, -0.15) is 5.10 Å². The number of methoxy groups -OCH3 is 1. The third kappa shape index (κ3) is 5.86. The Balaban J connectivity index is 1.34. The number of fused-ring (bicyclic) bond motifs is 1. The molecule has 3 aromatic rings. The number of hydrogen-bond donors (Lipinski definition) is 1. The molecule has 2 amide bonds. The number of nitrogens with one attached hydrogen (secondary N) is 1. The zero-order valence-electron chi connectivity index (χ0n) is 23.1. The number of piperazine rings is 1. The first-order valence-electron chi connectivity index (χ1n) is 13.3. The van der Waals surface area contributed by atoms with E-state index in [2.05, 4.69) is 15.3 Å². The lowest BCUT2D eigenvalue weighted by Crippen LogP contribution is -2.50. The maximum Gasteiger partial charge on any atom is 0.410 e. The topological polar surface area (TPSA) is 111 Å². The molecule has 2 aromatic heterocycles. The molecule has 0 bridgehead atoms. The summed E-state index contributed by atoms with van der Waals surface area (Å²) < 4.78 is 19.3. The fraction of sp³-hybridized carbons (Fsp3) is 0.500. The molecule has 2 fully saturated rings. The molecule has 2 atom stereocenters. The van der Waals surface area contributed by atoms with E-state index in [4.69, 9.17) is 19.2 Å². The van der Waals surface area contributed by atoms with Gasteiger partial charge in [-0.3, -0.25) is 4.79 Å². The van der Waals surface area contributed by atoms with E-state index in [0.717, 1.165) is 16.8 Å². The standard InChI is InChI=1S/C28H36N6O5/c1-18(20-15-25(35)29-16-20)38-26-23-8-9-30-34(23)17-21(31-26)19-6-7-22(24(14-19)37-5)32-10-12-33(13-11-32)27(36)39-28(2,3)4/h6-9,14,17-18,20H,10-13,15-16H2,1-5H3,(H,29,35)/t18-,20?/m1/s1. The van der Waals surface area contributed by atoms with Crippen LogP contribution in [0.1, 0.15) is 34.1 Å². The highest BCUT2D eigenvalue weighted by Gasteiger charge is 2.29. The molecule has 0 aliphatic carbocycles. The molecule has 11 nitrogen and oxygen atoms in total. The third-order valence-electron chi connectivity index (χ3n) is 7.07. The minimum atomic E-state index is -0.518. The van der Waals surface area contributed by atoms with Gasteiger partial charge in [-0.25, -0.2) is 14.3 Å². The van der Waals surface area contributed by atoms with Gasteiger partial charge >= 0.3 is 6.09 Å². The summed E-state index contributed by atoms with van der Waals surface area (Å²) in [6.45, 7) is 10.7. The molecule has 2 saturated heterocycles. The van der Waals surface area contributed by atoms with Crippen molar-refractivity contribution in [1.29, 1.82) is 0 Å². The summed E-state index contributed by atoms with van der Waals surface area (Å²) in [6.07, 6.45) is 3.54. The van der Waals surface area contributed by atoms with Gasteiger partial charge in [0.1, 0.15) is 23.0 Å². The van der Waals surface area contributed by atoms with Gasteiger partial charge in [0.05, 0.1) is 30.9 Å². The molecule has 208 valence electrons. The number of anilines is 1. The van der Waals surface area contributed by atoms with E-state index < -0.39 is 5.60 Å². The maximum absolute atomic E-state index is 12.5. The van der Waals surface area contributed by atoms with Crippen molar-refractivity contribution in [2.75, 3.05) is 44.7 Å². The van der Waals surface area contributed by atoms with E-state index in [-0.39, 0.29) is 24.0 Å². The van der Waals surface area contributed by atoms with Crippen LogP contribution >= 0.6 is 0 Å². The summed E-state index contributed by atoms with van der Waals surface area (Å²) in [7, 11) is 1.65. The quantitative estimate of drug-likeness (QED) is 0.511. The predicted molar refractivity (Wildman–Crippen MR) is 146 cm³/mol. The second kappa shape index (κ2) is 10.6. The van der Waals surface area contributed by atoms with Gasteiger partial charge < -0.3 is 29.3 Å². The van der Waals surface area contributed by atoms with Crippen LogP contribution in [0.25, 0.3) is 16.8 Å². The number of aromatic nitrogens is 3. The molecule has 2 aliphatic heterocycles. The van der Waals surface area contributed by atoms with Crippen LogP contribution in [0.2, 0.25) is 0 Å². The molecular weight excluding hydrogens is 500 g/mol. The molecule has 4 heterocycles. The Kier molecular flexibility index (Phi) is 7.24. The van der Waals surface area contributed by atoms with Crippen molar-refractivity contribution in [2.24, 2.45) is 5.92 Å². The van der Waals surface area contributed by atoms with Gasteiger partial charge in [0, 0.05) is 50.6 Å². The average molecular weight is 537 g/mol. The monoisotopic (exact) mass is 536 g/mol. The van der Waals surface area contributed by atoms with Gasteiger partial charge in [0.2, 0.25) is 11.8 Å². The Morgan fingerprint density at radius 1 is 1.15 bits per heavy atom. The van der Waals surface area contributed by atoms with Crippen molar-refractivity contribution in [2.45, 2.75) is 45.8 Å². The molecule has 0 radical (unpaired) electrons. The second-order valence-electron chi connectivity index (χ2n) is 11.0. The van der Waals surface area contributed by atoms with Gasteiger partial charge in [-0.1, -0.05) is 6.07 Å². The van der Waals surface area contributed by atoms with Gasteiger partial charge in [-0.15, -0.1) is 0 Å². The Bertz CT molecular complexity index is 1360. The van der Waals surface area contributed by atoms with Crippen LogP contribution < -0.4 is 19.7 Å². The zero-order chi connectivity index (χ0) is 27.7. The second-order valence-corrected chi connectivity index (χ2v) is 11.0. The SMILES string of the molecule is COc1cc(-c2cn3nccc3c(O[C@H](C)C3CNC(=O)C3)n2)ccc1N1CCN(C(=O)OC(C)(C)C)CC1. The normalized spacial score (nSPS) is 18.7. The van der Waals surface area contributed by atoms with Crippen LogP contribution in [0.15, 0.2) is 36.7 Å². The lowest BCUT2D eigenvalue weighted by Gasteiger charge is -2.37. The first-order chi connectivity index (χ1) is 18.6. The Morgan fingerprint density at radius 2 is 1.92 bits per heavy atom. The van der Waals surface area contributed by atoms with Crippen molar-refractivity contribution < 1.29 is 23.8 Å². The van der Waals surface area contributed by atoms with Gasteiger partial charge in [0.15, 0.2) is 0 Å². The van der Waals surface area contributed by atoms with Crippen molar-refractivity contribution >= 4 is 23.2 Å². The number of carbonyl (C=O) groups excluding carboxylic acids is 2. The van der Waals surface area contributed by atoms with E-state index in [1.165, 1.54) is 0 Å². The number of nitrogens with zero attached hydrogens (tertiary/aromatic N) is 5. The fourth-order valence-corrected chi connectivity index (χ4v) is 4.91. The van der Waals surface area contributed by atoms with Crippen molar-refractivity contribution in [3.63, 3.8) is 0 Å². The van der Waals surface area contributed by atoms with Crippen molar-refractivity contribution in [3.8, 4) is 22.9 Å². The zero-order valence-corrected chi connectivity index (χ0v) is 23.1. The summed E-state index contributed by atoms with van der Waals surface area (Å²) in [5.74, 6) is 1.32. The number of benzene rings is 1. The van der Waals surface area contributed by atoms with Gasteiger partial charge in [-0.05, 0) is 45.9 Å². The molecule has 1 unspecified atom stereocenters. The predicted octanol–water partition coefficient (Wildman–Crippen LogP) is 3.37. The van der Waals surface area contributed by atoms with E-state index in [0.29, 0.717) is 56.5 Å². The molecule has 2 aliphatic rings. The van der Waals surface area contributed by atoms with E-state index in [1.54, 1.807) is 22.7 Å². The molecule has 0 saturated carbocycles. The summed E-state index contributed by atoms with van der Waals surface area (Å²) in [5.41, 5.74) is 2.74. The molecular formula is C28H36N6O5. The van der Waals surface area contributed by atoms with Crippen LogP contribution in [0.3, 0.4) is 0 Å². The average Bonchev–Trinajstić information content (AvgIpc) is 3.56. The number of carbonyl (C=O) groups is 2. The number of hydrogen-bond acceptors (Lipinski definition) is 8. The number of rotatable bonds is 6. The molecule has 5 rings (SSSR count). The Labute approximate surface area is 228 Å². The molecule has 11 heteroatoms. The Hall–Kier alpha value is -4.02. The molecule has 39 heavy (non-hydrogen) atoms. The fourth-order valence-electron chi connectivity index (χ4n) is 4.91. The summed E-state index contributed by atoms with van der Waals surface area (Å²) >= 11 is 0. The van der Waals surface area contributed by atoms with E-state index in [9.17, 15) is 9.59 Å². The van der Waals surface area contributed by atoms with Crippen LogP contribution in [0.5, 0.6) is 11.6 Å². The molecule has 1 N–H and O–H groups in total. The minimum Gasteiger partial charge on any atom is -0.495 e. The van der Waals surface area contributed by atoms with Gasteiger partial charge in [0.25, 0.3) is 0 Å². The van der Waals surface area contributed by atoms with Crippen LogP contribution in [-0.2, 0) is 9.53 Å². The third-order valence-corrected chi connectivity index (χ3v) is 7.07. The van der Waals surface area contributed by atoms with Crippen molar-refractivity contribution in [3.05, 3.63) is 36.7 Å². The lowest BCUT2D eigenvalue weighted by molar-refractivity contribution is -0.119. The van der Waals surface area contributed by atoms with Crippen LogP contribution in [-0.4, -0.2) is 83.0 Å². The smallest absolute Gasteiger partial charge is 0.410 e. The first kappa shape index (κ1) is 26.6. The van der Waals surface area contributed by atoms with E-state index in [1.807, 2.05) is 58.2 Å². The highest BCUT2D eigenvalue weighted by Crippen LogP contribution is 2.35. The summed E-state index contributed by atoms with van der Waals surface area (Å²) in [6, 6.07) is 7.84. The van der Waals surface area contributed by atoms with Crippen molar-refractivity contribution in [1.82, 2.24) is 24.8 Å². The minimum absolute atomic E-state index is 0.0464. The summed E-state index contributed by atoms with van der Waals surface area (Å²) in [5, 5.41) is 7.27. The molecule has 1 aromatic carbocycles. The highest BCUT2D eigenvalue weighted by atomic mass is 16.6. The van der Waals surface area contributed by atoms with Crippen LogP contribution in [0, 0.1) is 5.92 Å². The lowest BCUT2D eigenvalue weighted by atomic mass is 10.0.